The third-order valence-corrected chi connectivity index (χ3v) is 3.16. The molecule has 5 heteroatoms. The molecule has 1 atom stereocenters. The lowest BCUT2D eigenvalue weighted by atomic mass is 10.1. The first-order valence-electron chi connectivity index (χ1n) is 6.11. The molecule has 0 fully saturated rings. The fraction of sp³-hybridized carbons (Fsp3) is 0.0667. The second kappa shape index (κ2) is 4.70. The predicted molar refractivity (Wildman–Crippen MR) is 73.2 cm³/mol. The van der Waals surface area contributed by atoms with Gasteiger partial charge in [0.05, 0.1) is 5.56 Å². The standard InChI is InChI=1S/C15H12N2O3/c16-13(18)9-5-7-10(8-6-9)17-14-11-3-1-2-4-12(11)15(19)20-14/h1-8,14,17H,(H2,16,18)/t14-/m0/s1. The van der Waals surface area contributed by atoms with Gasteiger partial charge in [-0.15, -0.1) is 0 Å². The highest BCUT2D eigenvalue weighted by molar-refractivity contribution is 5.94. The van der Waals surface area contributed by atoms with Gasteiger partial charge in [-0.2, -0.15) is 0 Å². The van der Waals surface area contributed by atoms with Crippen molar-refractivity contribution >= 4 is 17.6 Å². The first-order chi connectivity index (χ1) is 9.65. The molecule has 1 aliphatic heterocycles. The van der Waals surface area contributed by atoms with Crippen LogP contribution in [0.3, 0.4) is 0 Å². The van der Waals surface area contributed by atoms with E-state index in [2.05, 4.69) is 5.32 Å². The van der Waals surface area contributed by atoms with Gasteiger partial charge in [-0.1, -0.05) is 18.2 Å². The van der Waals surface area contributed by atoms with Crippen LogP contribution in [0.15, 0.2) is 48.5 Å². The quantitative estimate of drug-likeness (QED) is 0.835. The van der Waals surface area contributed by atoms with E-state index in [9.17, 15) is 9.59 Å². The molecular formula is C15H12N2O3. The second-order valence-electron chi connectivity index (χ2n) is 4.46. The zero-order valence-electron chi connectivity index (χ0n) is 10.5. The van der Waals surface area contributed by atoms with Crippen molar-refractivity contribution in [2.24, 2.45) is 5.73 Å². The van der Waals surface area contributed by atoms with Crippen LogP contribution in [0.25, 0.3) is 0 Å². The SMILES string of the molecule is NC(=O)c1ccc(N[C@H]2OC(=O)c3ccccc32)cc1. The first-order valence-corrected chi connectivity index (χ1v) is 6.11. The van der Waals surface area contributed by atoms with Gasteiger partial charge in [-0.3, -0.25) is 4.79 Å². The van der Waals surface area contributed by atoms with E-state index in [1.165, 1.54) is 0 Å². The van der Waals surface area contributed by atoms with Gasteiger partial charge in [0.25, 0.3) is 0 Å². The van der Waals surface area contributed by atoms with Crippen molar-refractivity contribution in [3.05, 3.63) is 65.2 Å². The van der Waals surface area contributed by atoms with Gasteiger partial charge in [-0.25, -0.2) is 4.79 Å². The lowest BCUT2D eigenvalue weighted by Gasteiger charge is -2.14. The van der Waals surface area contributed by atoms with Crippen LogP contribution in [0, 0.1) is 0 Å². The Kier molecular flexibility index (Phi) is 2.87. The number of carbonyl (C=O) groups excluding carboxylic acids is 2. The number of amides is 1. The fourth-order valence-electron chi connectivity index (χ4n) is 2.13. The highest BCUT2D eigenvalue weighted by atomic mass is 16.6. The maximum Gasteiger partial charge on any atom is 0.340 e. The first kappa shape index (κ1) is 12.2. The number of fused-ring (bicyclic) bond motifs is 1. The molecule has 0 radical (unpaired) electrons. The molecule has 0 unspecified atom stereocenters. The van der Waals surface area contributed by atoms with Gasteiger partial charge in [-0.05, 0) is 30.3 Å². The molecule has 2 aromatic rings. The van der Waals surface area contributed by atoms with Gasteiger partial charge >= 0.3 is 5.97 Å². The Morgan fingerprint density at radius 2 is 1.80 bits per heavy atom. The smallest absolute Gasteiger partial charge is 0.340 e. The summed E-state index contributed by atoms with van der Waals surface area (Å²) in [6, 6.07) is 13.9. The van der Waals surface area contributed by atoms with Crippen LogP contribution >= 0.6 is 0 Å². The number of anilines is 1. The van der Waals surface area contributed by atoms with Crippen molar-refractivity contribution in [1.82, 2.24) is 0 Å². The van der Waals surface area contributed by atoms with E-state index < -0.39 is 12.1 Å². The number of cyclic esters (lactones) is 1. The molecule has 2 aromatic carbocycles. The number of primary amides is 1. The van der Waals surface area contributed by atoms with Gasteiger partial charge in [0.2, 0.25) is 12.1 Å². The summed E-state index contributed by atoms with van der Waals surface area (Å²) < 4.78 is 5.27. The van der Waals surface area contributed by atoms with Crippen molar-refractivity contribution < 1.29 is 14.3 Å². The Balaban J connectivity index is 1.82. The average molecular weight is 268 g/mol. The number of carbonyl (C=O) groups is 2. The van der Waals surface area contributed by atoms with Crippen molar-refractivity contribution in [2.45, 2.75) is 6.23 Å². The number of ether oxygens (including phenoxy) is 1. The molecule has 0 aromatic heterocycles. The minimum Gasteiger partial charge on any atom is -0.434 e. The van der Waals surface area contributed by atoms with E-state index in [0.717, 1.165) is 11.3 Å². The lowest BCUT2D eigenvalue weighted by molar-refractivity contribution is 0.0437. The molecule has 0 aliphatic carbocycles. The summed E-state index contributed by atoms with van der Waals surface area (Å²) >= 11 is 0. The molecule has 3 N–H and O–H groups in total. The number of esters is 1. The summed E-state index contributed by atoms with van der Waals surface area (Å²) in [5, 5.41) is 3.10. The Hall–Kier alpha value is -2.82. The van der Waals surface area contributed by atoms with E-state index in [1.807, 2.05) is 12.1 Å². The third-order valence-electron chi connectivity index (χ3n) is 3.16. The molecule has 0 saturated heterocycles. The van der Waals surface area contributed by atoms with Crippen molar-refractivity contribution in [2.75, 3.05) is 5.32 Å². The zero-order chi connectivity index (χ0) is 14.1. The van der Waals surface area contributed by atoms with Crippen LogP contribution in [0.2, 0.25) is 0 Å². The maximum atomic E-state index is 11.7. The van der Waals surface area contributed by atoms with Gasteiger partial charge in [0.1, 0.15) is 0 Å². The van der Waals surface area contributed by atoms with Crippen LogP contribution in [0.5, 0.6) is 0 Å². The average Bonchev–Trinajstić information content (AvgIpc) is 2.77. The topological polar surface area (TPSA) is 81.4 Å². The van der Waals surface area contributed by atoms with E-state index in [1.54, 1.807) is 36.4 Å². The summed E-state index contributed by atoms with van der Waals surface area (Å²) in [6.07, 6.45) is -0.516. The number of hydrogen-bond donors (Lipinski definition) is 2. The molecule has 0 saturated carbocycles. The van der Waals surface area contributed by atoms with E-state index in [0.29, 0.717) is 11.1 Å². The van der Waals surface area contributed by atoms with Crippen LogP contribution in [-0.2, 0) is 4.74 Å². The zero-order valence-corrected chi connectivity index (χ0v) is 10.5. The minimum absolute atomic E-state index is 0.341. The number of nitrogens with two attached hydrogens (primary N) is 1. The number of rotatable bonds is 3. The van der Waals surface area contributed by atoms with E-state index in [4.69, 9.17) is 10.5 Å². The maximum absolute atomic E-state index is 11.7. The molecule has 1 amide bonds. The summed E-state index contributed by atoms with van der Waals surface area (Å²) in [4.78, 5) is 22.7. The lowest BCUT2D eigenvalue weighted by Crippen LogP contribution is -2.12. The molecule has 1 heterocycles. The monoisotopic (exact) mass is 268 g/mol. The van der Waals surface area contributed by atoms with Crippen molar-refractivity contribution in [3.63, 3.8) is 0 Å². The summed E-state index contributed by atoms with van der Waals surface area (Å²) in [5.41, 5.74) is 7.72. The van der Waals surface area contributed by atoms with E-state index in [-0.39, 0.29) is 5.97 Å². The number of benzene rings is 2. The molecule has 100 valence electrons. The molecular weight excluding hydrogens is 256 g/mol. The summed E-state index contributed by atoms with van der Waals surface area (Å²) in [6.45, 7) is 0. The van der Waals surface area contributed by atoms with Gasteiger partial charge in [0.15, 0.2) is 0 Å². The van der Waals surface area contributed by atoms with Gasteiger partial charge in [0, 0.05) is 16.8 Å². The van der Waals surface area contributed by atoms with Crippen molar-refractivity contribution in [3.8, 4) is 0 Å². The normalized spacial score (nSPS) is 16.4. The van der Waals surface area contributed by atoms with E-state index >= 15 is 0 Å². The van der Waals surface area contributed by atoms with Gasteiger partial charge < -0.3 is 15.8 Å². The van der Waals surface area contributed by atoms with Crippen LogP contribution in [-0.4, -0.2) is 11.9 Å². The highest BCUT2D eigenvalue weighted by Gasteiger charge is 2.30. The molecule has 3 rings (SSSR count). The molecule has 0 spiro atoms. The summed E-state index contributed by atoms with van der Waals surface area (Å²) in [5.74, 6) is -0.818. The Morgan fingerprint density at radius 1 is 1.10 bits per heavy atom. The Labute approximate surface area is 115 Å². The van der Waals surface area contributed by atoms with Crippen molar-refractivity contribution in [1.29, 1.82) is 0 Å². The molecule has 0 bridgehead atoms. The molecule has 5 nitrogen and oxygen atoms in total. The number of nitrogens with one attached hydrogen (secondary N) is 1. The largest absolute Gasteiger partial charge is 0.434 e. The van der Waals surface area contributed by atoms with Crippen LogP contribution in [0.1, 0.15) is 32.5 Å². The Bertz CT molecular complexity index is 680. The molecule has 20 heavy (non-hydrogen) atoms. The van der Waals surface area contributed by atoms with Crippen LogP contribution in [0.4, 0.5) is 5.69 Å². The number of hydrogen-bond acceptors (Lipinski definition) is 4. The second-order valence-corrected chi connectivity index (χ2v) is 4.46. The Morgan fingerprint density at radius 3 is 2.50 bits per heavy atom. The highest BCUT2D eigenvalue weighted by Crippen LogP contribution is 2.31. The predicted octanol–water partition coefficient (Wildman–Crippen LogP) is 2.07. The minimum atomic E-state index is -0.516. The third kappa shape index (κ3) is 2.09. The molecule has 1 aliphatic rings. The summed E-state index contributed by atoms with van der Waals surface area (Å²) in [7, 11) is 0. The fourth-order valence-corrected chi connectivity index (χ4v) is 2.13. The van der Waals surface area contributed by atoms with Crippen LogP contribution < -0.4 is 11.1 Å².